The van der Waals surface area contributed by atoms with E-state index in [1.54, 1.807) is 24.0 Å². The summed E-state index contributed by atoms with van der Waals surface area (Å²) in [5.41, 5.74) is 0.740. The smallest absolute Gasteiger partial charge is 0.321 e. The van der Waals surface area contributed by atoms with Gasteiger partial charge in [0.2, 0.25) is 5.91 Å². The molecule has 21 heavy (non-hydrogen) atoms. The Morgan fingerprint density at radius 2 is 2.00 bits per heavy atom. The molecule has 2 aromatic rings. The van der Waals surface area contributed by atoms with Crippen LogP contribution in [0, 0.1) is 5.92 Å². The predicted octanol–water partition coefficient (Wildman–Crippen LogP) is 2.55. The third-order valence-corrected chi connectivity index (χ3v) is 3.51. The highest BCUT2D eigenvalue weighted by molar-refractivity contribution is 6.13. The number of nitrogens with zero attached hydrogens (tertiary/aromatic N) is 1. The molecule has 0 aliphatic carbocycles. The van der Waals surface area contributed by atoms with Gasteiger partial charge in [-0.25, -0.2) is 0 Å². The molecular formula is C16H15NO4. The molecule has 2 heterocycles. The van der Waals surface area contributed by atoms with Crippen molar-refractivity contribution in [2.75, 3.05) is 11.5 Å². The number of rotatable bonds is 4. The van der Waals surface area contributed by atoms with Gasteiger partial charge in [0.25, 0.3) is 0 Å². The summed E-state index contributed by atoms with van der Waals surface area (Å²) in [4.78, 5) is 25.9. The second-order valence-electron chi connectivity index (χ2n) is 4.73. The zero-order chi connectivity index (χ0) is 14.8. The van der Waals surface area contributed by atoms with Gasteiger partial charge in [0.1, 0.15) is 11.8 Å². The molecule has 0 radical (unpaired) electrons. The maximum absolute atomic E-state index is 12.4. The molecule has 0 N–H and O–H groups in total. The van der Waals surface area contributed by atoms with E-state index in [9.17, 15) is 9.59 Å². The first-order chi connectivity index (χ1) is 10.2. The third-order valence-electron chi connectivity index (χ3n) is 3.51. The number of amides is 1. The molecule has 0 bridgehead atoms. The average molecular weight is 285 g/mol. The van der Waals surface area contributed by atoms with Crippen molar-refractivity contribution in [2.24, 2.45) is 5.92 Å². The maximum atomic E-state index is 12.4. The number of β-lactam (4-membered cyclic amide) rings is 1. The molecule has 1 fully saturated rings. The Morgan fingerprint density at radius 3 is 2.62 bits per heavy atom. The topological polar surface area (TPSA) is 59.8 Å². The van der Waals surface area contributed by atoms with Crippen LogP contribution in [0.3, 0.4) is 0 Å². The van der Waals surface area contributed by atoms with Gasteiger partial charge in [0.15, 0.2) is 5.92 Å². The average Bonchev–Trinajstić information content (AvgIpc) is 2.99. The zero-order valence-corrected chi connectivity index (χ0v) is 11.6. The summed E-state index contributed by atoms with van der Waals surface area (Å²) in [5.74, 6) is -1.02. The Kier molecular flexibility index (Phi) is 3.48. The fourth-order valence-corrected chi connectivity index (χ4v) is 2.58. The SMILES string of the molecule is CCOC(=O)[C@H]1C(=O)N(c2ccccc2)[C@@H]1c1ccco1. The van der Waals surface area contributed by atoms with E-state index in [0.29, 0.717) is 5.76 Å². The van der Waals surface area contributed by atoms with Crippen LogP contribution in [0.15, 0.2) is 53.1 Å². The van der Waals surface area contributed by atoms with E-state index in [0.717, 1.165) is 5.69 Å². The molecule has 1 aromatic heterocycles. The normalized spacial score (nSPS) is 21.0. The molecule has 0 saturated carbocycles. The summed E-state index contributed by atoms with van der Waals surface area (Å²) in [5, 5.41) is 0. The number of para-hydroxylation sites is 1. The standard InChI is InChI=1S/C16H15NO4/c1-2-20-16(19)13-14(12-9-6-10-21-12)17(15(13)18)11-7-4-3-5-8-11/h3-10,13-14H,2H2,1H3/t13-,14-/m1/s1. The van der Waals surface area contributed by atoms with Crippen LogP contribution in [-0.2, 0) is 14.3 Å². The second-order valence-corrected chi connectivity index (χ2v) is 4.73. The van der Waals surface area contributed by atoms with Gasteiger partial charge < -0.3 is 9.15 Å². The quantitative estimate of drug-likeness (QED) is 0.492. The zero-order valence-electron chi connectivity index (χ0n) is 11.6. The van der Waals surface area contributed by atoms with E-state index in [2.05, 4.69) is 0 Å². The molecule has 1 amide bonds. The Labute approximate surface area is 122 Å². The number of carbonyl (C=O) groups is 2. The Morgan fingerprint density at radius 1 is 1.24 bits per heavy atom. The number of furan rings is 1. The van der Waals surface area contributed by atoms with E-state index in [1.165, 1.54) is 6.26 Å². The lowest BCUT2D eigenvalue weighted by molar-refractivity contribution is -0.157. The minimum Gasteiger partial charge on any atom is -0.467 e. The van der Waals surface area contributed by atoms with Crippen LogP contribution >= 0.6 is 0 Å². The Hall–Kier alpha value is -2.56. The second kappa shape index (κ2) is 5.44. The van der Waals surface area contributed by atoms with Crippen LogP contribution in [0.2, 0.25) is 0 Å². The van der Waals surface area contributed by atoms with E-state index in [1.807, 2.05) is 30.3 Å². The van der Waals surface area contributed by atoms with Crippen molar-refractivity contribution in [1.82, 2.24) is 0 Å². The van der Waals surface area contributed by atoms with Crippen molar-refractivity contribution in [3.05, 3.63) is 54.5 Å². The lowest BCUT2D eigenvalue weighted by Crippen LogP contribution is -2.58. The number of hydrogen-bond acceptors (Lipinski definition) is 4. The maximum Gasteiger partial charge on any atom is 0.321 e. The highest BCUT2D eigenvalue weighted by Gasteiger charge is 2.55. The minimum absolute atomic E-state index is 0.249. The molecule has 0 spiro atoms. The van der Waals surface area contributed by atoms with Crippen LogP contribution in [0.1, 0.15) is 18.7 Å². The van der Waals surface area contributed by atoms with Gasteiger partial charge in [-0.15, -0.1) is 0 Å². The molecule has 5 nitrogen and oxygen atoms in total. The molecular weight excluding hydrogens is 270 g/mol. The number of ether oxygens (including phenoxy) is 1. The Bertz CT molecular complexity index is 636. The van der Waals surface area contributed by atoms with Crippen molar-refractivity contribution < 1.29 is 18.7 Å². The number of benzene rings is 1. The number of anilines is 1. The fraction of sp³-hybridized carbons (Fsp3) is 0.250. The molecule has 0 unspecified atom stereocenters. The summed E-state index contributed by atoms with van der Waals surface area (Å²) < 4.78 is 10.4. The van der Waals surface area contributed by atoms with Gasteiger partial charge >= 0.3 is 5.97 Å². The van der Waals surface area contributed by atoms with Crippen LogP contribution in [-0.4, -0.2) is 18.5 Å². The van der Waals surface area contributed by atoms with E-state index in [-0.39, 0.29) is 12.5 Å². The molecule has 2 atom stereocenters. The molecule has 5 heteroatoms. The van der Waals surface area contributed by atoms with Crippen molar-refractivity contribution in [2.45, 2.75) is 13.0 Å². The van der Waals surface area contributed by atoms with Gasteiger partial charge in [0, 0.05) is 5.69 Å². The van der Waals surface area contributed by atoms with Gasteiger partial charge in [-0.3, -0.25) is 14.5 Å². The number of carbonyl (C=O) groups excluding carboxylic acids is 2. The molecule has 108 valence electrons. The van der Waals surface area contributed by atoms with Crippen molar-refractivity contribution >= 4 is 17.6 Å². The van der Waals surface area contributed by atoms with Crippen molar-refractivity contribution in [1.29, 1.82) is 0 Å². The first-order valence-electron chi connectivity index (χ1n) is 6.82. The van der Waals surface area contributed by atoms with Gasteiger partial charge in [-0.05, 0) is 31.2 Å². The number of esters is 1. The monoisotopic (exact) mass is 285 g/mol. The third kappa shape index (κ3) is 2.20. The van der Waals surface area contributed by atoms with Crippen LogP contribution < -0.4 is 4.90 Å². The van der Waals surface area contributed by atoms with Crippen LogP contribution in [0.5, 0.6) is 0 Å². The van der Waals surface area contributed by atoms with Gasteiger partial charge in [0.05, 0.1) is 12.9 Å². The summed E-state index contributed by atoms with van der Waals surface area (Å²) in [7, 11) is 0. The number of hydrogen-bond donors (Lipinski definition) is 0. The summed E-state index contributed by atoms with van der Waals surface area (Å²) in [6, 6.07) is 12.3. The summed E-state index contributed by atoms with van der Waals surface area (Å²) >= 11 is 0. The van der Waals surface area contributed by atoms with Crippen LogP contribution in [0.4, 0.5) is 5.69 Å². The fourth-order valence-electron chi connectivity index (χ4n) is 2.58. The van der Waals surface area contributed by atoms with E-state index >= 15 is 0 Å². The highest BCUT2D eigenvalue weighted by atomic mass is 16.5. The van der Waals surface area contributed by atoms with Crippen molar-refractivity contribution in [3.63, 3.8) is 0 Å². The summed E-state index contributed by atoms with van der Waals surface area (Å²) in [6.45, 7) is 1.97. The van der Waals surface area contributed by atoms with Gasteiger partial charge in [-0.1, -0.05) is 18.2 Å². The lowest BCUT2D eigenvalue weighted by Gasteiger charge is -2.44. The minimum atomic E-state index is -0.837. The first-order valence-corrected chi connectivity index (χ1v) is 6.82. The van der Waals surface area contributed by atoms with Crippen LogP contribution in [0.25, 0.3) is 0 Å². The molecule has 1 aliphatic rings. The summed E-state index contributed by atoms with van der Waals surface area (Å²) in [6.07, 6.45) is 1.53. The molecule has 1 aromatic carbocycles. The van der Waals surface area contributed by atoms with Gasteiger partial charge in [-0.2, -0.15) is 0 Å². The largest absolute Gasteiger partial charge is 0.467 e. The highest BCUT2D eigenvalue weighted by Crippen LogP contribution is 2.44. The van der Waals surface area contributed by atoms with E-state index < -0.39 is 17.9 Å². The van der Waals surface area contributed by atoms with E-state index in [4.69, 9.17) is 9.15 Å². The van der Waals surface area contributed by atoms with Crippen molar-refractivity contribution in [3.8, 4) is 0 Å². The predicted molar refractivity (Wildman–Crippen MR) is 75.5 cm³/mol. The Balaban J connectivity index is 1.94. The first kappa shape index (κ1) is 13.4. The molecule has 1 aliphatic heterocycles. The molecule has 3 rings (SSSR count). The molecule has 1 saturated heterocycles. The lowest BCUT2D eigenvalue weighted by atomic mass is 9.85.